The van der Waals surface area contributed by atoms with Crippen LogP contribution in [0.3, 0.4) is 0 Å². The highest BCUT2D eigenvalue weighted by Gasteiger charge is 2.27. The highest BCUT2D eigenvalue weighted by Crippen LogP contribution is 2.34. The SMILES string of the molecule is CNc1cc([C@@H]2CCCN2Cc2scnc2C)ccn1. The van der Waals surface area contributed by atoms with Crippen LogP contribution in [0.1, 0.15) is 35.0 Å². The Labute approximate surface area is 123 Å². The maximum absolute atomic E-state index is 4.36. The molecule has 0 aromatic carbocycles. The van der Waals surface area contributed by atoms with E-state index in [1.54, 1.807) is 11.3 Å². The Morgan fingerprint density at radius 3 is 3.10 bits per heavy atom. The molecule has 1 fully saturated rings. The predicted octanol–water partition coefficient (Wildman–Crippen LogP) is 3.23. The molecule has 3 rings (SSSR count). The van der Waals surface area contributed by atoms with Gasteiger partial charge in [0, 0.05) is 30.7 Å². The van der Waals surface area contributed by atoms with E-state index in [0.29, 0.717) is 6.04 Å². The number of likely N-dealkylation sites (tertiary alicyclic amines) is 1. The van der Waals surface area contributed by atoms with Crippen LogP contribution >= 0.6 is 11.3 Å². The van der Waals surface area contributed by atoms with E-state index in [1.807, 2.05) is 18.8 Å². The number of nitrogens with zero attached hydrogens (tertiary/aromatic N) is 3. The van der Waals surface area contributed by atoms with Crippen LogP contribution in [-0.2, 0) is 6.54 Å². The molecular formula is C15H20N4S. The van der Waals surface area contributed by atoms with Crippen molar-refractivity contribution in [2.24, 2.45) is 0 Å². The molecule has 106 valence electrons. The number of hydrogen-bond donors (Lipinski definition) is 1. The Kier molecular flexibility index (Phi) is 3.98. The molecule has 1 N–H and O–H groups in total. The third-order valence-corrected chi connectivity index (χ3v) is 4.90. The molecule has 2 aromatic rings. The molecular weight excluding hydrogens is 268 g/mol. The quantitative estimate of drug-likeness (QED) is 0.938. The fraction of sp³-hybridized carbons (Fsp3) is 0.467. The van der Waals surface area contributed by atoms with Crippen molar-refractivity contribution in [3.63, 3.8) is 0 Å². The van der Waals surface area contributed by atoms with Gasteiger partial charge in [-0.1, -0.05) is 0 Å². The van der Waals surface area contributed by atoms with E-state index in [4.69, 9.17) is 0 Å². The molecule has 1 saturated heterocycles. The van der Waals surface area contributed by atoms with Crippen molar-refractivity contribution in [2.45, 2.75) is 32.4 Å². The second-order valence-corrected chi connectivity index (χ2v) is 6.15. The summed E-state index contributed by atoms with van der Waals surface area (Å²) in [7, 11) is 1.92. The Hall–Kier alpha value is -1.46. The number of rotatable bonds is 4. The first-order chi connectivity index (χ1) is 9.78. The van der Waals surface area contributed by atoms with Gasteiger partial charge in [0.1, 0.15) is 5.82 Å². The summed E-state index contributed by atoms with van der Waals surface area (Å²) in [4.78, 5) is 12.6. The van der Waals surface area contributed by atoms with Crippen LogP contribution in [0.15, 0.2) is 23.8 Å². The average Bonchev–Trinajstić information content (AvgIpc) is 3.09. The van der Waals surface area contributed by atoms with Gasteiger partial charge in [0.15, 0.2) is 0 Å². The van der Waals surface area contributed by atoms with Gasteiger partial charge in [0.25, 0.3) is 0 Å². The minimum absolute atomic E-state index is 0.506. The lowest BCUT2D eigenvalue weighted by atomic mass is 10.1. The predicted molar refractivity (Wildman–Crippen MR) is 83.0 cm³/mol. The average molecular weight is 288 g/mol. The molecule has 5 heteroatoms. The number of hydrogen-bond acceptors (Lipinski definition) is 5. The highest BCUT2D eigenvalue weighted by molar-refractivity contribution is 7.09. The van der Waals surface area contributed by atoms with Gasteiger partial charge in [-0.05, 0) is 44.0 Å². The van der Waals surface area contributed by atoms with Crippen LogP contribution < -0.4 is 5.32 Å². The lowest BCUT2D eigenvalue weighted by molar-refractivity contribution is 0.250. The van der Waals surface area contributed by atoms with Gasteiger partial charge in [-0.2, -0.15) is 0 Å². The summed E-state index contributed by atoms with van der Waals surface area (Å²) >= 11 is 1.76. The van der Waals surface area contributed by atoms with Crippen LogP contribution in [0.2, 0.25) is 0 Å². The summed E-state index contributed by atoms with van der Waals surface area (Å²) in [6, 6.07) is 4.82. The molecule has 1 aliphatic heterocycles. The third kappa shape index (κ3) is 2.69. The van der Waals surface area contributed by atoms with Crippen molar-refractivity contribution in [3.05, 3.63) is 40.0 Å². The standard InChI is InChI=1S/C15H20N4S/c1-11-14(20-10-18-11)9-19-7-3-4-13(19)12-5-6-17-15(8-12)16-2/h5-6,8,10,13H,3-4,7,9H2,1-2H3,(H,16,17)/t13-/m0/s1. The normalized spacial score (nSPS) is 19.4. The van der Waals surface area contributed by atoms with Crippen LogP contribution in [0.5, 0.6) is 0 Å². The molecule has 0 spiro atoms. The number of pyridine rings is 1. The molecule has 0 amide bonds. The smallest absolute Gasteiger partial charge is 0.125 e. The molecule has 3 heterocycles. The Morgan fingerprint density at radius 2 is 2.35 bits per heavy atom. The third-order valence-electron chi connectivity index (χ3n) is 3.98. The summed E-state index contributed by atoms with van der Waals surface area (Å²) in [5.74, 6) is 0.948. The topological polar surface area (TPSA) is 41.0 Å². The van der Waals surface area contributed by atoms with Crippen molar-refractivity contribution < 1.29 is 0 Å². The van der Waals surface area contributed by atoms with Gasteiger partial charge in [-0.15, -0.1) is 11.3 Å². The van der Waals surface area contributed by atoms with Crippen molar-refractivity contribution in [3.8, 4) is 0 Å². The first kappa shape index (κ1) is 13.5. The number of aryl methyl sites for hydroxylation is 1. The van der Waals surface area contributed by atoms with Gasteiger partial charge >= 0.3 is 0 Å². The van der Waals surface area contributed by atoms with Crippen molar-refractivity contribution >= 4 is 17.2 Å². The molecule has 20 heavy (non-hydrogen) atoms. The molecule has 0 radical (unpaired) electrons. The summed E-state index contributed by atoms with van der Waals surface area (Å²) in [6.45, 7) is 4.28. The Bertz CT molecular complexity index is 581. The highest BCUT2D eigenvalue weighted by atomic mass is 32.1. The lowest BCUT2D eigenvalue weighted by Gasteiger charge is -2.24. The van der Waals surface area contributed by atoms with Crippen LogP contribution in [0.25, 0.3) is 0 Å². The van der Waals surface area contributed by atoms with Gasteiger partial charge in [-0.3, -0.25) is 4.90 Å². The fourth-order valence-electron chi connectivity index (χ4n) is 2.85. The van der Waals surface area contributed by atoms with E-state index in [-0.39, 0.29) is 0 Å². The summed E-state index contributed by atoms with van der Waals surface area (Å²) in [6.07, 6.45) is 4.39. The number of anilines is 1. The maximum atomic E-state index is 4.36. The molecule has 0 aliphatic carbocycles. The zero-order chi connectivity index (χ0) is 13.9. The second-order valence-electron chi connectivity index (χ2n) is 5.21. The van der Waals surface area contributed by atoms with Crippen LogP contribution in [0.4, 0.5) is 5.82 Å². The van der Waals surface area contributed by atoms with E-state index in [1.165, 1.54) is 35.5 Å². The first-order valence-corrected chi connectivity index (χ1v) is 7.92. The van der Waals surface area contributed by atoms with E-state index >= 15 is 0 Å². The van der Waals surface area contributed by atoms with Crippen LogP contribution in [0, 0.1) is 6.92 Å². The van der Waals surface area contributed by atoms with E-state index in [9.17, 15) is 0 Å². The molecule has 2 aromatic heterocycles. The Morgan fingerprint density at radius 1 is 1.45 bits per heavy atom. The minimum Gasteiger partial charge on any atom is -0.373 e. The molecule has 0 unspecified atom stereocenters. The lowest BCUT2D eigenvalue weighted by Crippen LogP contribution is -2.22. The molecule has 4 nitrogen and oxygen atoms in total. The zero-order valence-corrected chi connectivity index (χ0v) is 12.8. The van der Waals surface area contributed by atoms with Gasteiger partial charge < -0.3 is 5.32 Å². The first-order valence-electron chi connectivity index (χ1n) is 7.04. The molecule has 1 aliphatic rings. The summed E-state index contributed by atoms with van der Waals surface area (Å²) in [5.41, 5.74) is 4.48. The minimum atomic E-state index is 0.506. The summed E-state index contributed by atoms with van der Waals surface area (Å²) < 4.78 is 0. The fourth-order valence-corrected chi connectivity index (χ4v) is 3.65. The van der Waals surface area contributed by atoms with Gasteiger partial charge in [-0.25, -0.2) is 9.97 Å². The number of thiazole rings is 1. The molecule has 1 atom stereocenters. The van der Waals surface area contributed by atoms with E-state index in [2.05, 4.69) is 39.2 Å². The second kappa shape index (κ2) is 5.89. The molecule has 0 saturated carbocycles. The number of aromatic nitrogens is 2. The van der Waals surface area contributed by atoms with E-state index < -0.39 is 0 Å². The summed E-state index contributed by atoms with van der Waals surface area (Å²) in [5, 5.41) is 3.12. The monoisotopic (exact) mass is 288 g/mol. The maximum Gasteiger partial charge on any atom is 0.125 e. The Balaban J connectivity index is 1.79. The number of nitrogens with one attached hydrogen (secondary N) is 1. The zero-order valence-electron chi connectivity index (χ0n) is 12.0. The van der Waals surface area contributed by atoms with Crippen molar-refractivity contribution in [2.75, 3.05) is 18.9 Å². The van der Waals surface area contributed by atoms with Gasteiger partial charge in [0.05, 0.1) is 11.2 Å². The van der Waals surface area contributed by atoms with Crippen LogP contribution in [-0.4, -0.2) is 28.5 Å². The largest absolute Gasteiger partial charge is 0.373 e. The molecule has 0 bridgehead atoms. The van der Waals surface area contributed by atoms with Crippen molar-refractivity contribution in [1.82, 2.24) is 14.9 Å². The van der Waals surface area contributed by atoms with Gasteiger partial charge in [0.2, 0.25) is 0 Å². The van der Waals surface area contributed by atoms with Crippen molar-refractivity contribution in [1.29, 1.82) is 0 Å². The van der Waals surface area contributed by atoms with E-state index in [0.717, 1.165) is 12.4 Å².